The minimum atomic E-state index is -0.250. The predicted octanol–water partition coefficient (Wildman–Crippen LogP) is -0.123. The first-order chi connectivity index (χ1) is 6.72. The van der Waals surface area contributed by atoms with Crippen LogP contribution in [0.15, 0.2) is 23.0 Å². The van der Waals surface area contributed by atoms with Crippen LogP contribution in [0.1, 0.15) is 6.92 Å². The molecule has 0 saturated heterocycles. The maximum absolute atomic E-state index is 12.2. The molecule has 0 aliphatic heterocycles. The van der Waals surface area contributed by atoms with E-state index < -0.39 is 0 Å². The van der Waals surface area contributed by atoms with Crippen molar-refractivity contribution < 1.29 is 4.39 Å². The van der Waals surface area contributed by atoms with Crippen molar-refractivity contribution in [2.24, 2.45) is 5.73 Å². The third-order valence-corrected chi connectivity index (χ3v) is 1.91. The summed E-state index contributed by atoms with van der Waals surface area (Å²) in [5, 5.41) is 3.83. The number of aryl methyl sites for hydroxylation is 1. The minimum absolute atomic E-state index is 0.0852. The van der Waals surface area contributed by atoms with Crippen molar-refractivity contribution in [2.45, 2.75) is 20.0 Å². The first kappa shape index (κ1) is 10.6. The predicted molar refractivity (Wildman–Crippen MR) is 50.4 cm³/mol. The number of nitrogens with two attached hydrogens (primary N) is 1. The van der Waals surface area contributed by atoms with Gasteiger partial charge >= 0.3 is 5.69 Å². The maximum atomic E-state index is 12.2. The van der Waals surface area contributed by atoms with E-state index in [1.807, 2.05) is 6.92 Å². The van der Waals surface area contributed by atoms with Crippen LogP contribution < -0.4 is 11.4 Å². The van der Waals surface area contributed by atoms with Crippen LogP contribution in [0.5, 0.6) is 0 Å². The van der Waals surface area contributed by atoms with Crippen molar-refractivity contribution in [1.82, 2.24) is 14.3 Å². The normalized spacial score (nSPS) is 12.1. The summed E-state index contributed by atoms with van der Waals surface area (Å²) in [6.45, 7) is 2.58. The second kappa shape index (κ2) is 4.71. The summed E-state index contributed by atoms with van der Waals surface area (Å²) in [7, 11) is 0. The molecule has 0 bridgehead atoms. The standard InChI is InChI=1S/C8H13FN4O/c1-2-12-6-11-13(8(12)14)5-7(3-9)4-10/h3,6H,2,4-5,10H2,1H3/b7-3+. The van der Waals surface area contributed by atoms with Gasteiger partial charge in [0.15, 0.2) is 0 Å². The Morgan fingerprint density at radius 1 is 1.79 bits per heavy atom. The summed E-state index contributed by atoms with van der Waals surface area (Å²) in [6.07, 6.45) is 1.84. The topological polar surface area (TPSA) is 65.8 Å². The van der Waals surface area contributed by atoms with Gasteiger partial charge in [0.05, 0.1) is 12.9 Å². The third kappa shape index (κ3) is 2.08. The largest absolute Gasteiger partial charge is 0.346 e. The quantitative estimate of drug-likeness (QED) is 0.736. The molecule has 1 rings (SSSR count). The number of aromatic nitrogens is 3. The van der Waals surface area contributed by atoms with Gasteiger partial charge in [-0.2, -0.15) is 5.10 Å². The molecule has 0 fully saturated rings. The lowest BCUT2D eigenvalue weighted by Crippen LogP contribution is -2.26. The van der Waals surface area contributed by atoms with Crippen molar-refractivity contribution in [3.63, 3.8) is 0 Å². The third-order valence-electron chi connectivity index (χ3n) is 1.91. The monoisotopic (exact) mass is 200 g/mol. The van der Waals surface area contributed by atoms with E-state index in [-0.39, 0.29) is 18.8 Å². The fraction of sp³-hybridized carbons (Fsp3) is 0.500. The van der Waals surface area contributed by atoms with E-state index in [9.17, 15) is 9.18 Å². The first-order valence-electron chi connectivity index (χ1n) is 4.33. The van der Waals surface area contributed by atoms with Crippen LogP contribution in [0.4, 0.5) is 4.39 Å². The second-order valence-electron chi connectivity index (χ2n) is 2.83. The Kier molecular flexibility index (Phi) is 3.58. The Balaban J connectivity index is 2.87. The van der Waals surface area contributed by atoms with Crippen LogP contribution in [-0.2, 0) is 13.1 Å². The summed E-state index contributed by atoms with van der Waals surface area (Å²) in [5.74, 6) is 0. The molecule has 0 aliphatic carbocycles. The maximum Gasteiger partial charge on any atom is 0.346 e. The minimum Gasteiger partial charge on any atom is -0.327 e. The van der Waals surface area contributed by atoms with E-state index in [4.69, 9.17) is 5.73 Å². The highest BCUT2D eigenvalue weighted by atomic mass is 19.1. The fourth-order valence-electron chi connectivity index (χ4n) is 1.03. The highest BCUT2D eigenvalue weighted by Gasteiger charge is 2.04. The summed E-state index contributed by atoms with van der Waals surface area (Å²) < 4.78 is 14.8. The van der Waals surface area contributed by atoms with E-state index in [2.05, 4.69) is 5.10 Å². The van der Waals surface area contributed by atoms with Gasteiger partial charge in [-0.25, -0.2) is 13.9 Å². The molecule has 0 atom stereocenters. The Labute approximate surface area is 80.6 Å². The number of halogens is 1. The molecule has 14 heavy (non-hydrogen) atoms. The van der Waals surface area contributed by atoms with Gasteiger partial charge in [-0.15, -0.1) is 0 Å². The lowest BCUT2D eigenvalue weighted by molar-refractivity contribution is 0.601. The molecular weight excluding hydrogens is 187 g/mol. The molecule has 5 nitrogen and oxygen atoms in total. The summed E-state index contributed by atoms with van der Waals surface area (Å²) in [4.78, 5) is 11.4. The molecule has 6 heteroatoms. The molecule has 1 aromatic rings. The van der Waals surface area contributed by atoms with Gasteiger partial charge in [0.1, 0.15) is 6.33 Å². The summed E-state index contributed by atoms with van der Waals surface area (Å²) in [6, 6.07) is 0. The van der Waals surface area contributed by atoms with Gasteiger partial charge in [-0.05, 0) is 12.5 Å². The van der Waals surface area contributed by atoms with E-state index >= 15 is 0 Å². The molecule has 0 aromatic carbocycles. The average molecular weight is 200 g/mol. The fourth-order valence-corrected chi connectivity index (χ4v) is 1.03. The van der Waals surface area contributed by atoms with Crippen molar-refractivity contribution in [3.8, 4) is 0 Å². The van der Waals surface area contributed by atoms with Gasteiger partial charge in [0, 0.05) is 13.1 Å². The van der Waals surface area contributed by atoms with E-state index in [0.717, 1.165) is 0 Å². The smallest absolute Gasteiger partial charge is 0.327 e. The van der Waals surface area contributed by atoms with Crippen LogP contribution in [0, 0.1) is 0 Å². The molecule has 1 aromatic heterocycles. The zero-order chi connectivity index (χ0) is 10.6. The van der Waals surface area contributed by atoms with Gasteiger partial charge in [0.2, 0.25) is 0 Å². The number of rotatable bonds is 4. The van der Waals surface area contributed by atoms with Crippen LogP contribution >= 0.6 is 0 Å². The Morgan fingerprint density at radius 2 is 2.50 bits per heavy atom. The Hall–Kier alpha value is -1.43. The first-order valence-corrected chi connectivity index (χ1v) is 4.33. The Morgan fingerprint density at radius 3 is 2.93 bits per heavy atom. The molecule has 0 radical (unpaired) electrons. The number of hydrogen-bond acceptors (Lipinski definition) is 3. The number of nitrogens with zero attached hydrogens (tertiary/aromatic N) is 3. The van der Waals surface area contributed by atoms with E-state index in [0.29, 0.717) is 18.4 Å². The lowest BCUT2D eigenvalue weighted by Gasteiger charge is -2.00. The van der Waals surface area contributed by atoms with Gasteiger partial charge in [-0.1, -0.05) is 0 Å². The van der Waals surface area contributed by atoms with Crippen LogP contribution in [0.3, 0.4) is 0 Å². The Bertz CT molecular complexity index is 379. The highest BCUT2D eigenvalue weighted by Crippen LogP contribution is 1.94. The number of hydrogen-bond donors (Lipinski definition) is 1. The molecule has 0 unspecified atom stereocenters. The van der Waals surface area contributed by atoms with Crippen molar-refractivity contribution in [2.75, 3.05) is 6.54 Å². The molecule has 78 valence electrons. The van der Waals surface area contributed by atoms with Gasteiger partial charge in [0.25, 0.3) is 0 Å². The average Bonchev–Trinajstić information content (AvgIpc) is 2.56. The molecule has 1 heterocycles. The molecule has 0 saturated carbocycles. The second-order valence-corrected chi connectivity index (χ2v) is 2.83. The summed E-state index contributed by atoms with van der Waals surface area (Å²) >= 11 is 0. The highest BCUT2D eigenvalue weighted by molar-refractivity contribution is 4.98. The van der Waals surface area contributed by atoms with E-state index in [1.165, 1.54) is 15.6 Å². The van der Waals surface area contributed by atoms with Crippen molar-refractivity contribution >= 4 is 0 Å². The SMILES string of the molecule is CCn1cnn(C/C(=C/F)CN)c1=O. The molecule has 0 aliphatic rings. The van der Waals surface area contributed by atoms with E-state index in [1.54, 1.807) is 0 Å². The molecule has 0 amide bonds. The van der Waals surface area contributed by atoms with Crippen LogP contribution in [0.2, 0.25) is 0 Å². The molecule has 2 N–H and O–H groups in total. The zero-order valence-corrected chi connectivity index (χ0v) is 7.98. The van der Waals surface area contributed by atoms with Gasteiger partial charge in [-0.3, -0.25) is 4.57 Å². The molecular formula is C8H13FN4O. The van der Waals surface area contributed by atoms with Crippen LogP contribution in [-0.4, -0.2) is 20.9 Å². The van der Waals surface area contributed by atoms with Gasteiger partial charge < -0.3 is 5.73 Å². The van der Waals surface area contributed by atoms with Crippen molar-refractivity contribution in [3.05, 3.63) is 28.7 Å². The summed E-state index contributed by atoms with van der Waals surface area (Å²) in [5.41, 5.74) is 5.35. The van der Waals surface area contributed by atoms with Crippen LogP contribution in [0.25, 0.3) is 0 Å². The lowest BCUT2D eigenvalue weighted by atomic mass is 10.3. The zero-order valence-electron chi connectivity index (χ0n) is 7.98. The van der Waals surface area contributed by atoms with Crippen molar-refractivity contribution in [1.29, 1.82) is 0 Å². The molecule has 0 spiro atoms.